The van der Waals surface area contributed by atoms with Gasteiger partial charge in [-0.3, -0.25) is 4.79 Å². The number of hydrogen-bond donors (Lipinski definition) is 2. The second-order valence-corrected chi connectivity index (χ2v) is 7.15. The van der Waals surface area contributed by atoms with Crippen LogP contribution in [0.1, 0.15) is 30.9 Å². The van der Waals surface area contributed by atoms with E-state index in [1.54, 1.807) is 0 Å². The Labute approximate surface area is 137 Å². The molecule has 2 heterocycles. The second kappa shape index (κ2) is 5.68. The average molecular weight is 311 g/mol. The Morgan fingerprint density at radius 3 is 2.96 bits per heavy atom. The summed E-state index contributed by atoms with van der Waals surface area (Å²) in [5.41, 5.74) is 9.78. The highest BCUT2D eigenvalue weighted by Gasteiger charge is 2.42. The smallest absolute Gasteiger partial charge is 0.227 e. The van der Waals surface area contributed by atoms with E-state index >= 15 is 0 Å². The molecule has 2 aromatic rings. The lowest BCUT2D eigenvalue weighted by atomic mass is 9.98. The lowest BCUT2D eigenvalue weighted by Crippen LogP contribution is -2.34. The normalized spacial score (nSPS) is 26.9. The molecule has 0 radical (unpaired) electrons. The van der Waals surface area contributed by atoms with Gasteiger partial charge in [0.2, 0.25) is 5.91 Å². The average Bonchev–Trinajstić information content (AvgIpc) is 3.24. The molecule has 1 saturated heterocycles. The fourth-order valence-corrected chi connectivity index (χ4v) is 4.50. The molecule has 122 valence electrons. The van der Waals surface area contributed by atoms with E-state index in [1.165, 1.54) is 22.9 Å². The van der Waals surface area contributed by atoms with Crippen molar-refractivity contribution in [2.45, 2.75) is 38.6 Å². The van der Waals surface area contributed by atoms with Gasteiger partial charge in [0.1, 0.15) is 0 Å². The van der Waals surface area contributed by atoms with Gasteiger partial charge >= 0.3 is 0 Å². The number of aryl methyl sites for hydroxylation is 1. The maximum absolute atomic E-state index is 12.7. The van der Waals surface area contributed by atoms with Gasteiger partial charge in [-0.2, -0.15) is 0 Å². The van der Waals surface area contributed by atoms with Crippen molar-refractivity contribution in [2.24, 2.45) is 17.6 Å². The molecule has 3 unspecified atom stereocenters. The lowest BCUT2D eigenvalue weighted by Gasteiger charge is -2.18. The number of carbonyl (C=O) groups excluding carboxylic acids is 1. The highest BCUT2D eigenvalue weighted by Crippen LogP contribution is 2.37. The van der Waals surface area contributed by atoms with E-state index in [0.717, 1.165) is 31.5 Å². The van der Waals surface area contributed by atoms with Gasteiger partial charge in [0.15, 0.2) is 0 Å². The molecular weight excluding hydrogens is 286 g/mol. The molecule has 0 spiro atoms. The Hall–Kier alpha value is -1.81. The number of rotatable bonds is 3. The van der Waals surface area contributed by atoms with Gasteiger partial charge in [-0.1, -0.05) is 25.1 Å². The topological polar surface area (TPSA) is 62.1 Å². The molecule has 1 aromatic carbocycles. The molecule has 0 bridgehead atoms. The molecule has 1 aliphatic carbocycles. The second-order valence-electron chi connectivity index (χ2n) is 7.15. The van der Waals surface area contributed by atoms with Crippen molar-refractivity contribution in [3.63, 3.8) is 0 Å². The summed E-state index contributed by atoms with van der Waals surface area (Å²) in [6.07, 6.45) is 5.80. The van der Waals surface area contributed by atoms with Crippen molar-refractivity contribution in [1.29, 1.82) is 0 Å². The minimum absolute atomic E-state index is 0.245. The monoisotopic (exact) mass is 311 g/mol. The maximum atomic E-state index is 12.7. The summed E-state index contributed by atoms with van der Waals surface area (Å²) < 4.78 is 0. The highest BCUT2D eigenvalue weighted by atomic mass is 16.2. The van der Waals surface area contributed by atoms with Crippen LogP contribution in [0.15, 0.2) is 24.4 Å². The van der Waals surface area contributed by atoms with Crippen molar-refractivity contribution < 1.29 is 4.79 Å². The predicted octanol–water partition coefficient (Wildman–Crippen LogP) is 2.47. The Balaban J connectivity index is 1.51. The van der Waals surface area contributed by atoms with Crippen LogP contribution in [0.2, 0.25) is 0 Å². The largest absolute Gasteiger partial charge is 0.361 e. The number of aromatic amines is 1. The van der Waals surface area contributed by atoms with Crippen LogP contribution in [0.25, 0.3) is 10.9 Å². The first-order chi connectivity index (χ1) is 11.2. The SMILES string of the molecule is CCc1cccc2c(CC(=O)N3CC4CCC(N)C4C3)c[nH]c12. The molecule has 2 aliphatic rings. The molecule has 23 heavy (non-hydrogen) atoms. The minimum atomic E-state index is 0.245. The number of nitrogens with two attached hydrogens (primary N) is 1. The van der Waals surface area contributed by atoms with Crippen molar-refractivity contribution in [3.8, 4) is 0 Å². The summed E-state index contributed by atoms with van der Waals surface area (Å²) >= 11 is 0. The number of nitrogens with one attached hydrogen (secondary N) is 1. The van der Waals surface area contributed by atoms with Crippen molar-refractivity contribution >= 4 is 16.8 Å². The van der Waals surface area contributed by atoms with E-state index in [0.29, 0.717) is 18.3 Å². The van der Waals surface area contributed by atoms with E-state index < -0.39 is 0 Å². The Morgan fingerprint density at radius 1 is 1.30 bits per heavy atom. The lowest BCUT2D eigenvalue weighted by molar-refractivity contribution is -0.129. The third-order valence-electron chi connectivity index (χ3n) is 5.88. The fraction of sp³-hybridized carbons (Fsp3) is 0.526. The first-order valence-corrected chi connectivity index (χ1v) is 8.78. The van der Waals surface area contributed by atoms with Crippen LogP contribution in [-0.4, -0.2) is 34.9 Å². The van der Waals surface area contributed by atoms with Crippen LogP contribution in [0, 0.1) is 11.8 Å². The van der Waals surface area contributed by atoms with Crippen molar-refractivity contribution in [1.82, 2.24) is 9.88 Å². The molecule has 4 heteroatoms. The molecule has 1 saturated carbocycles. The number of para-hydroxylation sites is 1. The predicted molar refractivity (Wildman–Crippen MR) is 92.2 cm³/mol. The third kappa shape index (κ3) is 2.45. The first kappa shape index (κ1) is 14.8. The first-order valence-electron chi connectivity index (χ1n) is 8.78. The molecular formula is C19H25N3O. The van der Waals surface area contributed by atoms with Crippen LogP contribution in [-0.2, 0) is 17.6 Å². The summed E-state index contributed by atoms with van der Waals surface area (Å²) in [4.78, 5) is 18.1. The van der Waals surface area contributed by atoms with Crippen molar-refractivity contribution in [3.05, 3.63) is 35.5 Å². The standard InChI is InChI=1S/C19H25N3O/c1-2-12-4-3-5-15-14(9-21-19(12)15)8-18(23)22-10-13-6-7-17(20)16(13)11-22/h3-5,9,13,16-17,21H,2,6-8,10-11,20H2,1H3. The Morgan fingerprint density at radius 2 is 2.17 bits per heavy atom. The third-order valence-corrected chi connectivity index (χ3v) is 5.88. The molecule has 4 rings (SSSR count). The highest BCUT2D eigenvalue weighted by molar-refractivity contribution is 5.90. The molecule has 1 amide bonds. The minimum Gasteiger partial charge on any atom is -0.361 e. The number of fused-ring (bicyclic) bond motifs is 2. The summed E-state index contributed by atoms with van der Waals surface area (Å²) in [5, 5.41) is 1.19. The quantitative estimate of drug-likeness (QED) is 0.914. The van der Waals surface area contributed by atoms with Crippen LogP contribution < -0.4 is 5.73 Å². The van der Waals surface area contributed by atoms with Crippen LogP contribution in [0.4, 0.5) is 0 Å². The van der Waals surface area contributed by atoms with E-state index in [4.69, 9.17) is 5.73 Å². The molecule has 2 fully saturated rings. The number of benzene rings is 1. The van der Waals surface area contributed by atoms with Gasteiger partial charge in [-0.25, -0.2) is 0 Å². The zero-order chi connectivity index (χ0) is 16.0. The molecule has 4 nitrogen and oxygen atoms in total. The molecule has 3 atom stereocenters. The summed E-state index contributed by atoms with van der Waals surface area (Å²) in [7, 11) is 0. The van der Waals surface area contributed by atoms with E-state index in [2.05, 4.69) is 30.1 Å². The van der Waals surface area contributed by atoms with Gasteiger partial charge in [0.05, 0.1) is 6.42 Å². The van der Waals surface area contributed by atoms with Gasteiger partial charge in [-0.05, 0) is 42.2 Å². The van der Waals surface area contributed by atoms with Crippen LogP contribution in [0.3, 0.4) is 0 Å². The number of H-pyrrole nitrogens is 1. The molecule has 3 N–H and O–H groups in total. The number of hydrogen-bond acceptors (Lipinski definition) is 2. The van der Waals surface area contributed by atoms with E-state index in [9.17, 15) is 4.79 Å². The van der Waals surface area contributed by atoms with Crippen molar-refractivity contribution in [2.75, 3.05) is 13.1 Å². The van der Waals surface area contributed by atoms with Gasteiger partial charge in [-0.15, -0.1) is 0 Å². The number of aromatic nitrogens is 1. The zero-order valence-corrected chi connectivity index (χ0v) is 13.7. The molecule has 1 aromatic heterocycles. The maximum Gasteiger partial charge on any atom is 0.227 e. The van der Waals surface area contributed by atoms with Gasteiger partial charge in [0, 0.05) is 36.2 Å². The summed E-state index contributed by atoms with van der Waals surface area (Å²) in [6, 6.07) is 6.64. The number of likely N-dealkylation sites (tertiary alicyclic amines) is 1. The van der Waals surface area contributed by atoms with E-state index in [1.807, 2.05) is 11.1 Å². The number of amides is 1. The van der Waals surface area contributed by atoms with Crippen LogP contribution >= 0.6 is 0 Å². The summed E-state index contributed by atoms with van der Waals surface area (Å²) in [5.74, 6) is 1.40. The Bertz CT molecular complexity index is 735. The molecule has 1 aliphatic heterocycles. The number of nitrogens with zero attached hydrogens (tertiary/aromatic N) is 1. The summed E-state index contributed by atoms with van der Waals surface area (Å²) in [6.45, 7) is 3.92. The van der Waals surface area contributed by atoms with Gasteiger partial charge < -0.3 is 15.6 Å². The zero-order valence-electron chi connectivity index (χ0n) is 13.7. The number of carbonyl (C=O) groups is 1. The fourth-order valence-electron chi connectivity index (χ4n) is 4.50. The Kier molecular flexibility index (Phi) is 3.64. The van der Waals surface area contributed by atoms with E-state index in [-0.39, 0.29) is 11.9 Å². The van der Waals surface area contributed by atoms with Gasteiger partial charge in [0.25, 0.3) is 0 Å². The van der Waals surface area contributed by atoms with Crippen LogP contribution in [0.5, 0.6) is 0 Å².